The maximum Gasteiger partial charge on any atom is 0.188 e. The van der Waals surface area contributed by atoms with E-state index in [-0.39, 0.29) is 24.0 Å². The molecule has 1 rings (SSSR count). The highest BCUT2D eigenvalue weighted by Gasteiger charge is 1.97. The molecule has 0 unspecified atom stereocenters. The lowest BCUT2D eigenvalue weighted by atomic mass is 10.1. The Morgan fingerprint density at radius 3 is 2.78 bits per heavy atom. The number of aryl methyl sites for hydroxylation is 1. The molecule has 4 nitrogen and oxygen atoms in total. The van der Waals surface area contributed by atoms with Crippen LogP contribution in [0.2, 0.25) is 0 Å². The van der Waals surface area contributed by atoms with E-state index in [1.165, 1.54) is 11.1 Å². The fourth-order valence-corrected chi connectivity index (χ4v) is 1.53. The van der Waals surface area contributed by atoms with Gasteiger partial charge in [-0.05, 0) is 24.5 Å². The van der Waals surface area contributed by atoms with Crippen molar-refractivity contribution in [1.82, 2.24) is 5.32 Å². The molecule has 102 valence electrons. The number of nitrogens with two attached hydrogens (primary N) is 1. The van der Waals surface area contributed by atoms with E-state index in [0.717, 1.165) is 13.0 Å². The smallest absolute Gasteiger partial charge is 0.188 e. The molecule has 0 atom stereocenters. The Balaban J connectivity index is 0.00000289. The highest BCUT2D eigenvalue weighted by Crippen LogP contribution is 2.06. The molecule has 5 heteroatoms. The predicted octanol–water partition coefficient (Wildman–Crippen LogP) is 1.71. The topological polar surface area (TPSA) is 59.6 Å². The zero-order chi connectivity index (χ0) is 12.5. The van der Waals surface area contributed by atoms with Crippen molar-refractivity contribution in [3.05, 3.63) is 35.4 Å². The summed E-state index contributed by atoms with van der Waals surface area (Å²) in [5, 5.41) is 3.09. The maximum absolute atomic E-state index is 5.70. The molecule has 0 aliphatic carbocycles. The number of aliphatic imine (C=N–C) groups is 1. The standard InChI is InChI=1S/C13H21N3O.HI/c1-11-5-3-4-6-12(11)7-8-15-13(14)16-9-10-17-2;/h3-6H,7-10H2,1-2H3,(H3,14,15,16);1H. The third-order valence-corrected chi connectivity index (χ3v) is 2.54. The highest BCUT2D eigenvalue weighted by atomic mass is 127. The number of nitrogens with zero attached hydrogens (tertiary/aromatic N) is 1. The van der Waals surface area contributed by atoms with E-state index in [0.29, 0.717) is 19.1 Å². The van der Waals surface area contributed by atoms with Crippen LogP contribution in [0.3, 0.4) is 0 Å². The molecule has 0 amide bonds. The van der Waals surface area contributed by atoms with Crippen molar-refractivity contribution in [2.45, 2.75) is 13.3 Å². The van der Waals surface area contributed by atoms with Crippen molar-refractivity contribution in [1.29, 1.82) is 0 Å². The Hall–Kier alpha value is -0.820. The molecule has 0 spiro atoms. The molecule has 0 aliphatic rings. The lowest BCUT2D eigenvalue weighted by Gasteiger charge is -2.07. The van der Waals surface area contributed by atoms with E-state index < -0.39 is 0 Å². The van der Waals surface area contributed by atoms with E-state index >= 15 is 0 Å². The van der Waals surface area contributed by atoms with Gasteiger partial charge in [-0.25, -0.2) is 0 Å². The first-order valence-electron chi connectivity index (χ1n) is 5.81. The van der Waals surface area contributed by atoms with Crippen LogP contribution in [-0.4, -0.2) is 32.8 Å². The van der Waals surface area contributed by atoms with Crippen LogP contribution in [-0.2, 0) is 11.2 Å². The van der Waals surface area contributed by atoms with Crippen molar-refractivity contribution in [3.63, 3.8) is 0 Å². The number of guanidine groups is 1. The van der Waals surface area contributed by atoms with Crippen LogP contribution in [0.5, 0.6) is 0 Å². The van der Waals surface area contributed by atoms with Gasteiger partial charge in [0.1, 0.15) is 0 Å². The summed E-state index contributed by atoms with van der Waals surface area (Å²) < 4.78 is 4.89. The second-order valence-corrected chi connectivity index (χ2v) is 3.86. The van der Waals surface area contributed by atoms with E-state index in [2.05, 4.69) is 35.4 Å². The van der Waals surface area contributed by atoms with Crippen molar-refractivity contribution in [3.8, 4) is 0 Å². The Morgan fingerprint density at radius 2 is 2.11 bits per heavy atom. The number of halogens is 1. The van der Waals surface area contributed by atoms with Gasteiger partial charge in [0.05, 0.1) is 13.2 Å². The third kappa shape index (κ3) is 6.80. The molecule has 1 aromatic carbocycles. The van der Waals surface area contributed by atoms with Crippen LogP contribution in [0.1, 0.15) is 11.1 Å². The minimum absolute atomic E-state index is 0. The average molecular weight is 363 g/mol. The first kappa shape index (κ1) is 17.2. The number of hydrogen-bond acceptors (Lipinski definition) is 2. The zero-order valence-corrected chi connectivity index (χ0v) is 13.3. The van der Waals surface area contributed by atoms with Gasteiger partial charge in [-0.1, -0.05) is 24.3 Å². The first-order valence-corrected chi connectivity index (χ1v) is 5.81. The number of ether oxygens (including phenoxy) is 1. The molecule has 0 bridgehead atoms. The lowest BCUT2D eigenvalue weighted by molar-refractivity contribution is 0.208. The number of rotatable bonds is 6. The zero-order valence-electron chi connectivity index (χ0n) is 11.0. The fourth-order valence-electron chi connectivity index (χ4n) is 1.53. The van der Waals surface area contributed by atoms with Crippen LogP contribution < -0.4 is 11.1 Å². The molecule has 1 aromatic rings. The van der Waals surface area contributed by atoms with Gasteiger partial charge in [-0.2, -0.15) is 0 Å². The number of benzene rings is 1. The summed E-state index contributed by atoms with van der Waals surface area (Å²) in [6.45, 7) is 4.11. The van der Waals surface area contributed by atoms with Crippen LogP contribution in [0.15, 0.2) is 29.3 Å². The Kier molecular flexibility index (Phi) is 9.67. The van der Waals surface area contributed by atoms with Gasteiger partial charge in [-0.15, -0.1) is 24.0 Å². The normalized spacial score (nSPS) is 10.9. The molecule has 0 saturated carbocycles. The van der Waals surface area contributed by atoms with Crippen LogP contribution >= 0.6 is 24.0 Å². The molecule has 0 aromatic heterocycles. The van der Waals surface area contributed by atoms with Crippen molar-refractivity contribution in [2.24, 2.45) is 10.7 Å². The first-order chi connectivity index (χ1) is 8.24. The van der Waals surface area contributed by atoms with Gasteiger partial charge < -0.3 is 15.8 Å². The fraction of sp³-hybridized carbons (Fsp3) is 0.462. The van der Waals surface area contributed by atoms with E-state index in [1.54, 1.807) is 7.11 Å². The summed E-state index contributed by atoms with van der Waals surface area (Å²) in [7, 11) is 1.65. The minimum atomic E-state index is 0. The monoisotopic (exact) mass is 363 g/mol. The van der Waals surface area contributed by atoms with Gasteiger partial charge in [0.2, 0.25) is 0 Å². The largest absolute Gasteiger partial charge is 0.383 e. The summed E-state index contributed by atoms with van der Waals surface area (Å²) in [6, 6.07) is 8.35. The summed E-state index contributed by atoms with van der Waals surface area (Å²) in [5.41, 5.74) is 8.35. The van der Waals surface area contributed by atoms with Crippen molar-refractivity contribution < 1.29 is 4.74 Å². The molecule has 18 heavy (non-hydrogen) atoms. The van der Waals surface area contributed by atoms with Crippen molar-refractivity contribution >= 4 is 29.9 Å². The summed E-state index contributed by atoms with van der Waals surface area (Å²) >= 11 is 0. The quantitative estimate of drug-likeness (QED) is 0.350. The summed E-state index contributed by atoms with van der Waals surface area (Å²) in [4.78, 5) is 4.13. The number of methoxy groups -OCH3 is 1. The number of nitrogens with one attached hydrogen (secondary N) is 1. The van der Waals surface area contributed by atoms with Gasteiger partial charge in [0.25, 0.3) is 0 Å². The van der Waals surface area contributed by atoms with Crippen LogP contribution in [0.25, 0.3) is 0 Å². The Labute approximate surface area is 126 Å². The molecule has 3 N–H and O–H groups in total. The highest BCUT2D eigenvalue weighted by molar-refractivity contribution is 14.0. The number of hydrogen-bond donors (Lipinski definition) is 2. The Morgan fingerprint density at radius 1 is 1.39 bits per heavy atom. The van der Waals surface area contributed by atoms with E-state index in [9.17, 15) is 0 Å². The molecular weight excluding hydrogens is 341 g/mol. The van der Waals surface area contributed by atoms with E-state index in [1.807, 2.05) is 6.07 Å². The van der Waals surface area contributed by atoms with Crippen LogP contribution in [0.4, 0.5) is 0 Å². The molecule has 0 saturated heterocycles. The van der Waals surface area contributed by atoms with Gasteiger partial charge in [-0.3, -0.25) is 4.99 Å². The Bertz CT molecular complexity index is 369. The lowest BCUT2D eigenvalue weighted by Crippen LogP contribution is -2.33. The van der Waals surface area contributed by atoms with E-state index in [4.69, 9.17) is 10.5 Å². The second-order valence-electron chi connectivity index (χ2n) is 3.86. The summed E-state index contributed by atoms with van der Waals surface area (Å²) in [6.07, 6.45) is 0.952. The minimum Gasteiger partial charge on any atom is -0.383 e. The van der Waals surface area contributed by atoms with Crippen molar-refractivity contribution in [2.75, 3.05) is 26.8 Å². The van der Waals surface area contributed by atoms with Gasteiger partial charge >= 0.3 is 0 Å². The van der Waals surface area contributed by atoms with Gasteiger partial charge in [0, 0.05) is 13.7 Å². The molecule has 0 heterocycles. The molecule has 0 fully saturated rings. The average Bonchev–Trinajstić information content (AvgIpc) is 2.32. The second kappa shape index (κ2) is 10.1. The molecule has 0 radical (unpaired) electrons. The summed E-state index contributed by atoms with van der Waals surface area (Å²) in [5.74, 6) is 0.482. The SMILES string of the molecule is COCCN=C(N)NCCc1ccccc1C.I. The van der Waals surface area contributed by atoms with Crippen LogP contribution in [0, 0.1) is 6.92 Å². The predicted molar refractivity (Wildman–Crippen MR) is 86.7 cm³/mol. The maximum atomic E-state index is 5.70. The molecule has 0 aliphatic heterocycles. The van der Waals surface area contributed by atoms with Gasteiger partial charge in [0.15, 0.2) is 5.96 Å². The molecular formula is C13H22IN3O. The third-order valence-electron chi connectivity index (χ3n) is 2.54.